The minimum absolute atomic E-state index is 0.0465. The fraction of sp³-hybridized carbons (Fsp3) is 0.0833. The highest BCUT2D eigenvalue weighted by molar-refractivity contribution is 6.37. The number of fused-ring (bicyclic) bond motifs is 1. The molecule has 3 nitrogen and oxygen atoms in total. The summed E-state index contributed by atoms with van der Waals surface area (Å²) in [5.41, 5.74) is 2.12. The second kappa shape index (κ2) is 3.28. The summed E-state index contributed by atoms with van der Waals surface area (Å²) in [6, 6.07) is 10.1. The van der Waals surface area contributed by atoms with Gasteiger partial charge in [-0.25, -0.2) is 4.99 Å². The Morgan fingerprint density at radius 2 is 2.00 bits per heavy atom. The van der Waals surface area contributed by atoms with E-state index in [9.17, 15) is 0 Å². The molecule has 1 aromatic rings. The van der Waals surface area contributed by atoms with Gasteiger partial charge in [-0.05, 0) is 11.2 Å². The zero-order chi connectivity index (χ0) is 10.1. The Bertz CT molecular complexity index is 495. The van der Waals surface area contributed by atoms with Gasteiger partial charge in [0, 0.05) is 11.6 Å². The molecule has 2 aliphatic rings. The summed E-state index contributed by atoms with van der Waals surface area (Å²) in [7, 11) is 0. The summed E-state index contributed by atoms with van der Waals surface area (Å²) < 4.78 is 1.86. The van der Waals surface area contributed by atoms with E-state index in [0.29, 0.717) is 0 Å². The van der Waals surface area contributed by atoms with Crippen molar-refractivity contribution in [2.45, 2.75) is 6.17 Å². The fourth-order valence-electron chi connectivity index (χ4n) is 1.69. The molecular weight excluding hydrogens is 186 g/mol. The van der Waals surface area contributed by atoms with Gasteiger partial charge in [0.15, 0.2) is 0 Å². The van der Waals surface area contributed by atoms with E-state index in [-0.39, 0.29) is 6.17 Å². The third-order valence-corrected chi connectivity index (χ3v) is 2.44. The molecular formula is C12H10N3+. The Morgan fingerprint density at radius 1 is 1.13 bits per heavy atom. The lowest BCUT2D eigenvalue weighted by molar-refractivity contribution is -0.549. The summed E-state index contributed by atoms with van der Waals surface area (Å²) in [4.78, 5) is 4.57. The summed E-state index contributed by atoms with van der Waals surface area (Å²) >= 11 is 0. The smallest absolute Gasteiger partial charge is 0.204 e. The first-order valence-corrected chi connectivity index (χ1v) is 4.91. The van der Waals surface area contributed by atoms with Gasteiger partial charge in [-0.2, -0.15) is 0 Å². The van der Waals surface area contributed by atoms with E-state index in [0.717, 1.165) is 11.3 Å². The largest absolute Gasteiger partial charge is 0.296 e. The Morgan fingerprint density at radius 3 is 2.80 bits per heavy atom. The van der Waals surface area contributed by atoms with Crippen molar-refractivity contribution in [3.05, 3.63) is 48.0 Å². The predicted molar refractivity (Wildman–Crippen MR) is 60.7 cm³/mol. The van der Waals surface area contributed by atoms with Gasteiger partial charge < -0.3 is 0 Å². The number of nitrogens with zero attached hydrogens (tertiary/aromatic N) is 3. The molecule has 1 unspecified atom stereocenters. The lowest BCUT2D eigenvalue weighted by Gasteiger charge is -1.97. The quantitative estimate of drug-likeness (QED) is 0.608. The van der Waals surface area contributed by atoms with Crippen LogP contribution in [0.3, 0.4) is 0 Å². The monoisotopic (exact) mass is 196 g/mol. The van der Waals surface area contributed by atoms with Crippen LogP contribution < -0.4 is 0 Å². The van der Waals surface area contributed by atoms with Gasteiger partial charge >= 0.3 is 0 Å². The molecule has 0 fully saturated rings. The first-order chi connectivity index (χ1) is 7.43. The van der Waals surface area contributed by atoms with Crippen molar-refractivity contribution >= 4 is 18.1 Å². The maximum Gasteiger partial charge on any atom is 0.296 e. The average Bonchev–Trinajstić information content (AvgIpc) is 2.74. The van der Waals surface area contributed by atoms with Gasteiger partial charge in [0.1, 0.15) is 5.71 Å². The van der Waals surface area contributed by atoms with Crippen LogP contribution in [0.25, 0.3) is 0 Å². The molecule has 15 heavy (non-hydrogen) atoms. The molecule has 0 radical (unpaired) electrons. The lowest BCUT2D eigenvalue weighted by Crippen LogP contribution is -2.16. The van der Waals surface area contributed by atoms with Crippen LogP contribution in [0.15, 0.2) is 52.6 Å². The third-order valence-electron chi connectivity index (χ3n) is 2.44. The average molecular weight is 196 g/mol. The summed E-state index contributed by atoms with van der Waals surface area (Å²) in [5, 5.41) is 4.22. The van der Waals surface area contributed by atoms with Crippen LogP contribution in [0.5, 0.6) is 0 Å². The van der Waals surface area contributed by atoms with Crippen molar-refractivity contribution in [3.8, 4) is 0 Å². The SMILES string of the molecule is C1=CC2N=C(c3ccccc3)C=[N+]2N=C1. The van der Waals surface area contributed by atoms with E-state index in [4.69, 9.17) is 0 Å². The fourth-order valence-corrected chi connectivity index (χ4v) is 1.69. The molecule has 0 amide bonds. The molecule has 2 aliphatic heterocycles. The van der Waals surface area contributed by atoms with E-state index in [1.807, 2.05) is 41.3 Å². The molecule has 0 saturated carbocycles. The number of rotatable bonds is 1. The molecule has 0 spiro atoms. The molecule has 0 bridgehead atoms. The summed E-state index contributed by atoms with van der Waals surface area (Å²) in [6.45, 7) is 0. The zero-order valence-electron chi connectivity index (χ0n) is 8.12. The molecule has 1 aromatic carbocycles. The third kappa shape index (κ3) is 1.42. The van der Waals surface area contributed by atoms with E-state index in [2.05, 4.69) is 22.2 Å². The molecule has 3 rings (SSSR count). The van der Waals surface area contributed by atoms with E-state index >= 15 is 0 Å². The molecule has 1 atom stereocenters. The van der Waals surface area contributed by atoms with Gasteiger partial charge in [-0.1, -0.05) is 35.0 Å². The first kappa shape index (κ1) is 8.29. The summed E-state index contributed by atoms with van der Waals surface area (Å²) in [5.74, 6) is 0. The Kier molecular flexibility index (Phi) is 1.81. The van der Waals surface area contributed by atoms with Crippen LogP contribution in [0.1, 0.15) is 5.56 Å². The number of hydrogen-bond acceptors (Lipinski definition) is 2. The van der Waals surface area contributed by atoms with Crippen LogP contribution in [-0.4, -0.2) is 29.0 Å². The van der Waals surface area contributed by atoms with Crippen LogP contribution in [0, 0.1) is 0 Å². The highest BCUT2D eigenvalue weighted by Crippen LogP contribution is 2.11. The van der Waals surface area contributed by atoms with Crippen molar-refractivity contribution in [1.82, 2.24) is 0 Å². The van der Waals surface area contributed by atoms with Crippen LogP contribution in [0.4, 0.5) is 0 Å². The maximum absolute atomic E-state index is 4.57. The topological polar surface area (TPSA) is 27.7 Å². The van der Waals surface area contributed by atoms with E-state index < -0.39 is 0 Å². The van der Waals surface area contributed by atoms with E-state index in [1.165, 1.54) is 0 Å². The number of allylic oxidation sites excluding steroid dienone is 1. The van der Waals surface area contributed by atoms with Crippen molar-refractivity contribution in [1.29, 1.82) is 0 Å². The Labute approximate surface area is 87.8 Å². The van der Waals surface area contributed by atoms with Crippen LogP contribution >= 0.6 is 0 Å². The number of aliphatic imine (C=N–C) groups is 1. The lowest BCUT2D eigenvalue weighted by atomic mass is 10.1. The normalized spacial score (nSPS) is 22.3. The Hall–Kier alpha value is -2.03. The van der Waals surface area contributed by atoms with Crippen molar-refractivity contribution < 1.29 is 4.68 Å². The highest BCUT2D eigenvalue weighted by atomic mass is 15.4. The van der Waals surface area contributed by atoms with E-state index in [1.54, 1.807) is 6.21 Å². The van der Waals surface area contributed by atoms with Gasteiger partial charge in [0.05, 0.1) is 6.21 Å². The number of benzene rings is 1. The molecule has 0 saturated heterocycles. The first-order valence-electron chi connectivity index (χ1n) is 4.91. The molecule has 0 N–H and O–H groups in total. The van der Waals surface area contributed by atoms with Crippen LogP contribution in [0.2, 0.25) is 0 Å². The minimum Gasteiger partial charge on any atom is -0.204 e. The molecule has 2 heterocycles. The molecule has 0 aliphatic carbocycles. The predicted octanol–water partition coefficient (Wildman–Crippen LogP) is 1.45. The van der Waals surface area contributed by atoms with Gasteiger partial charge in [0.25, 0.3) is 6.17 Å². The Balaban J connectivity index is 2.01. The molecule has 3 heteroatoms. The van der Waals surface area contributed by atoms with Gasteiger partial charge in [-0.3, -0.25) is 0 Å². The van der Waals surface area contributed by atoms with Gasteiger partial charge in [-0.15, -0.1) is 0 Å². The second-order valence-corrected chi connectivity index (χ2v) is 3.45. The summed E-state index contributed by atoms with van der Waals surface area (Å²) in [6.07, 6.45) is 7.74. The second-order valence-electron chi connectivity index (χ2n) is 3.45. The van der Waals surface area contributed by atoms with Crippen LogP contribution in [-0.2, 0) is 0 Å². The van der Waals surface area contributed by atoms with Gasteiger partial charge in [0.2, 0.25) is 6.21 Å². The zero-order valence-corrected chi connectivity index (χ0v) is 8.12. The van der Waals surface area contributed by atoms with Crippen molar-refractivity contribution in [2.75, 3.05) is 0 Å². The minimum atomic E-state index is 0.0465. The maximum atomic E-state index is 4.57. The number of hydrogen-bond donors (Lipinski definition) is 0. The molecule has 0 aromatic heterocycles. The van der Waals surface area contributed by atoms with Crippen molar-refractivity contribution in [3.63, 3.8) is 0 Å². The standard InChI is InChI=1S/C12H10N3/c1-2-5-10(6-3-1)11-9-15-12(14-11)7-4-8-13-15/h1-9,12H/q+1. The number of hydrazone groups is 1. The highest BCUT2D eigenvalue weighted by Gasteiger charge is 2.27. The van der Waals surface area contributed by atoms with Crippen molar-refractivity contribution in [2.24, 2.45) is 10.1 Å². The molecule has 72 valence electrons.